The second-order valence-electron chi connectivity index (χ2n) is 9.73. The average Bonchev–Trinajstić information content (AvgIpc) is 2.72. The molecule has 6 rings (SSSR count). The molecule has 164 valence electrons. The smallest absolute Gasteiger partial charge is 0.328 e. The van der Waals surface area contributed by atoms with Gasteiger partial charge in [0.1, 0.15) is 5.75 Å². The zero-order valence-corrected chi connectivity index (χ0v) is 18.4. The van der Waals surface area contributed by atoms with Gasteiger partial charge in [-0.25, -0.2) is 4.79 Å². The first-order valence-corrected chi connectivity index (χ1v) is 11.0. The largest absolute Gasteiger partial charge is 0.507 e. The summed E-state index contributed by atoms with van der Waals surface area (Å²) in [5.41, 5.74) is 11.0. The van der Waals surface area contributed by atoms with E-state index in [0.717, 1.165) is 51.6 Å². The first-order chi connectivity index (χ1) is 14.5. The predicted octanol–water partition coefficient (Wildman–Crippen LogP) is 5.51. The molecule has 4 N–H and O–H groups in total. The fourth-order valence-electron chi connectivity index (χ4n) is 6.82. The van der Waals surface area contributed by atoms with Crippen molar-refractivity contribution in [2.75, 3.05) is 0 Å². The van der Waals surface area contributed by atoms with Crippen LogP contribution in [0.1, 0.15) is 55.2 Å². The van der Waals surface area contributed by atoms with E-state index in [0.29, 0.717) is 12.3 Å². The van der Waals surface area contributed by atoms with Crippen LogP contribution < -0.4 is 5.73 Å². The van der Waals surface area contributed by atoms with Gasteiger partial charge in [0.15, 0.2) is 0 Å². The maximum atomic E-state index is 11.1. The van der Waals surface area contributed by atoms with Gasteiger partial charge < -0.3 is 15.9 Å². The predicted molar refractivity (Wildman–Crippen MR) is 125 cm³/mol. The first-order valence-electron chi connectivity index (χ1n) is 11.0. The minimum Gasteiger partial charge on any atom is -0.507 e. The van der Waals surface area contributed by atoms with E-state index in [4.69, 9.17) is 10.8 Å². The molecule has 4 saturated carbocycles. The summed E-state index contributed by atoms with van der Waals surface area (Å²) in [7, 11) is 0. The maximum absolute atomic E-state index is 11.1. The van der Waals surface area contributed by atoms with Crippen molar-refractivity contribution in [1.82, 2.24) is 0 Å². The van der Waals surface area contributed by atoms with Crippen molar-refractivity contribution in [2.24, 2.45) is 23.5 Å². The zero-order valence-electron chi connectivity index (χ0n) is 17.6. The summed E-state index contributed by atoms with van der Waals surface area (Å²) >= 11 is 0. The summed E-state index contributed by atoms with van der Waals surface area (Å²) in [6, 6.07) is 12.1. The molecule has 0 radical (unpaired) electrons. The van der Waals surface area contributed by atoms with Gasteiger partial charge in [0.2, 0.25) is 0 Å². The molecule has 4 fully saturated rings. The number of carbonyl (C=O) groups is 1. The van der Waals surface area contributed by atoms with E-state index in [2.05, 4.69) is 6.07 Å². The van der Waals surface area contributed by atoms with Crippen LogP contribution >= 0.6 is 12.4 Å². The zero-order chi connectivity index (χ0) is 20.9. The van der Waals surface area contributed by atoms with Crippen LogP contribution in [0.3, 0.4) is 0 Å². The van der Waals surface area contributed by atoms with E-state index in [1.54, 1.807) is 6.08 Å². The molecule has 0 unspecified atom stereocenters. The molecule has 4 nitrogen and oxygen atoms in total. The Morgan fingerprint density at radius 2 is 1.58 bits per heavy atom. The van der Waals surface area contributed by atoms with E-state index < -0.39 is 5.97 Å². The number of halogens is 1. The molecule has 31 heavy (non-hydrogen) atoms. The Hall–Kier alpha value is -2.30. The van der Waals surface area contributed by atoms with Crippen molar-refractivity contribution in [3.05, 3.63) is 59.2 Å². The highest BCUT2D eigenvalue weighted by Gasteiger charge is 2.52. The Labute approximate surface area is 189 Å². The van der Waals surface area contributed by atoms with E-state index >= 15 is 0 Å². The van der Waals surface area contributed by atoms with Gasteiger partial charge in [0, 0.05) is 23.7 Å². The highest BCUT2D eigenvalue weighted by atomic mass is 35.5. The van der Waals surface area contributed by atoms with Crippen molar-refractivity contribution in [2.45, 2.75) is 50.5 Å². The molecule has 4 aliphatic rings. The van der Waals surface area contributed by atoms with Gasteiger partial charge in [-0.15, -0.1) is 12.4 Å². The lowest BCUT2D eigenvalue weighted by Gasteiger charge is -2.57. The summed E-state index contributed by atoms with van der Waals surface area (Å²) < 4.78 is 0. The molecule has 4 aliphatic carbocycles. The summed E-state index contributed by atoms with van der Waals surface area (Å²) in [5.74, 6) is 1.87. The second kappa shape index (κ2) is 8.33. The molecular weight excluding hydrogens is 410 g/mol. The van der Waals surface area contributed by atoms with Crippen molar-refractivity contribution in [3.63, 3.8) is 0 Å². The van der Waals surface area contributed by atoms with Crippen LogP contribution in [0.5, 0.6) is 5.75 Å². The Morgan fingerprint density at radius 3 is 2.10 bits per heavy atom. The van der Waals surface area contributed by atoms with Crippen LogP contribution in [0, 0.1) is 17.8 Å². The highest BCUT2D eigenvalue weighted by molar-refractivity contribution is 5.85. The number of benzene rings is 2. The maximum Gasteiger partial charge on any atom is 0.328 e. The lowest BCUT2D eigenvalue weighted by molar-refractivity contribution is -0.131. The fourth-order valence-corrected chi connectivity index (χ4v) is 6.82. The number of nitrogens with two attached hydrogens (primary N) is 1. The molecule has 0 atom stereocenters. The molecule has 0 spiro atoms. The molecule has 0 saturated heterocycles. The van der Waals surface area contributed by atoms with Gasteiger partial charge in [0.25, 0.3) is 0 Å². The normalized spacial score (nSPS) is 28.6. The number of rotatable bonds is 5. The number of aliphatic carboxylic acids is 1. The molecule has 0 aromatic heterocycles. The Balaban J connectivity index is 0.00000231. The van der Waals surface area contributed by atoms with Crippen molar-refractivity contribution < 1.29 is 15.0 Å². The Bertz CT molecular complexity index is 977. The SMILES string of the molecule is Cl.NCc1cc(-c2ccc(/C=C/C(=O)O)cc2)cc(C23CC4CC(CC(C4)C2)C3)c1O. The van der Waals surface area contributed by atoms with Crippen LogP contribution in [0.15, 0.2) is 42.5 Å². The number of phenols is 1. The number of aromatic hydroxyl groups is 1. The molecule has 0 heterocycles. The molecule has 4 bridgehead atoms. The number of carboxylic acids is 1. The van der Waals surface area contributed by atoms with Gasteiger partial charge in [-0.3, -0.25) is 0 Å². The summed E-state index contributed by atoms with van der Waals surface area (Å²) in [6.07, 6.45) is 10.4. The first kappa shape index (κ1) is 21.9. The number of carboxylic acid groups (broad SMARTS) is 1. The monoisotopic (exact) mass is 439 g/mol. The fraction of sp³-hybridized carbons (Fsp3) is 0.423. The van der Waals surface area contributed by atoms with Crippen LogP contribution in [-0.4, -0.2) is 16.2 Å². The molecule has 0 amide bonds. The minimum atomic E-state index is -0.953. The molecule has 2 aromatic carbocycles. The molecule has 5 heteroatoms. The van der Waals surface area contributed by atoms with Crippen LogP contribution in [0.25, 0.3) is 17.2 Å². The molecular formula is C26H30ClNO3. The molecule has 2 aromatic rings. The topological polar surface area (TPSA) is 83.6 Å². The van der Waals surface area contributed by atoms with E-state index in [-0.39, 0.29) is 17.8 Å². The molecule has 0 aliphatic heterocycles. The lowest BCUT2D eigenvalue weighted by atomic mass is 9.48. The van der Waals surface area contributed by atoms with Crippen LogP contribution in [0.2, 0.25) is 0 Å². The van der Waals surface area contributed by atoms with Gasteiger partial charge in [-0.1, -0.05) is 24.3 Å². The van der Waals surface area contributed by atoms with Gasteiger partial charge in [0.05, 0.1) is 0 Å². The van der Waals surface area contributed by atoms with E-state index in [1.807, 2.05) is 30.3 Å². The van der Waals surface area contributed by atoms with Crippen LogP contribution in [-0.2, 0) is 16.8 Å². The van der Waals surface area contributed by atoms with Gasteiger partial charge in [-0.2, -0.15) is 0 Å². The summed E-state index contributed by atoms with van der Waals surface area (Å²) in [4.78, 5) is 10.7. The van der Waals surface area contributed by atoms with E-state index in [9.17, 15) is 9.90 Å². The van der Waals surface area contributed by atoms with Crippen molar-refractivity contribution in [1.29, 1.82) is 0 Å². The lowest BCUT2D eigenvalue weighted by Crippen LogP contribution is -2.48. The van der Waals surface area contributed by atoms with Crippen molar-refractivity contribution >= 4 is 24.5 Å². The quantitative estimate of drug-likeness (QED) is 0.536. The minimum absolute atomic E-state index is 0. The van der Waals surface area contributed by atoms with Crippen LogP contribution in [0.4, 0.5) is 0 Å². The Morgan fingerprint density at radius 1 is 1.00 bits per heavy atom. The van der Waals surface area contributed by atoms with Gasteiger partial charge >= 0.3 is 5.97 Å². The Kier molecular flexibility index (Phi) is 5.89. The standard InChI is InChI=1S/C26H29NO3.ClH/c27-15-22-10-21(20-4-1-16(2-5-20)3-6-24(28)29)11-23(25(22)30)26-12-17-7-18(13-26)9-19(8-17)14-26;/h1-6,10-11,17-19,30H,7-9,12-15,27H2,(H,28,29);1H/b6-3+;. The average molecular weight is 440 g/mol. The highest BCUT2D eigenvalue weighted by Crippen LogP contribution is 2.62. The third-order valence-corrected chi connectivity index (χ3v) is 7.68. The summed E-state index contributed by atoms with van der Waals surface area (Å²) in [6.45, 7) is 0.318. The third-order valence-electron chi connectivity index (χ3n) is 7.68. The van der Waals surface area contributed by atoms with E-state index in [1.165, 1.54) is 38.5 Å². The second-order valence-corrected chi connectivity index (χ2v) is 9.73. The summed E-state index contributed by atoms with van der Waals surface area (Å²) in [5, 5.41) is 20.0. The van der Waals surface area contributed by atoms with Gasteiger partial charge in [-0.05, 0) is 96.6 Å². The van der Waals surface area contributed by atoms with Crippen molar-refractivity contribution in [3.8, 4) is 16.9 Å². The number of phenolic OH excluding ortho intramolecular Hbond substituents is 1. The number of hydrogen-bond acceptors (Lipinski definition) is 3. The third kappa shape index (κ3) is 3.99. The number of hydrogen-bond donors (Lipinski definition) is 3.